The highest BCUT2D eigenvalue weighted by Crippen LogP contribution is 2.12. The van der Waals surface area contributed by atoms with Crippen molar-refractivity contribution in [3.63, 3.8) is 0 Å². The number of methoxy groups -OCH3 is 1. The lowest BCUT2D eigenvalue weighted by Gasteiger charge is -2.06. The Kier molecular flexibility index (Phi) is 7.23. The van der Waals surface area contributed by atoms with Crippen LogP contribution in [0.3, 0.4) is 0 Å². The Morgan fingerprint density at radius 1 is 1.03 bits per heavy atom. The predicted octanol–water partition coefficient (Wildman–Crippen LogP) is 3.14. The first-order valence-electron chi connectivity index (χ1n) is 10.9. The molecule has 0 radical (unpaired) electrons. The molecule has 0 aliphatic heterocycles. The molecule has 1 N–H and O–H groups in total. The number of para-hydroxylation sites is 1. The molecular formula is C28H21N3O4S. The first-order valence-corrected chi connectivity index (χ1v) is 11.7. The molecule has 178 valence electrons. The minimum absolute atomic E-state index is 0.178. The van der Waals surface area contributed by atoms with E-state index in [1.165, 1.54) is 11.7 Å². The Bertz CT molecular complexity index is 1660. The molecule has 4 aromatic rings. The van der Waals surface area contributed by atoms with Crippen LogP contribution >= 0.6 is 11.3 Å². The number of nitrogens with one attached hydrogen (secondary N) is 1. The molecule has 0 atom stereocenters. The summed E-state index contributed by atoms with van der Waals surface area (Å²) in [4.78, 5) is 38.3. The van der Waals surface area contributed by atoms with Gasteiger partial charge in [-0.3, -0.25) is 14.2 Å². The van der Waals surface area contributed by atoms with Crippen molar-refractivity contribution in [3.05, 3.63) is 115 Å². The Balaban J connectivity index is 1.89. The number of carbonyl (C=O) groups is 2. The van der Waals surface area contributed by atoms with Crippen molar-refractivity contribution >= 4 is 40.5 Å². The highest BCUT2D eigenvalue weighted by molar-refractivity contribution is 7.07. The fourth-order valence-electron chi connectivity index (χ4n) is 3.56. The Hall–Kier alpha value is -4.74. The number of benzene rings is 3. The summed E-state index contributed by atoms with van der Waals surface area (Å²) in [5.41, 5.74) is 2.56. The zero-order valence-electron chi connectivity index (χ0n) is 19.5. The van der Waals surface area contributed by atoms with Gasteiger partial charge in [0.2, 0.25) is 0 Å². The van der Waals surface area contributed by atoms with Crippen LogP contribution in [0.15, 0.2) is 83.7 Å². The topological polar surface area (TPSA) is 101 Å². The molecule has 4 rings (SSSR count). The number of anilines is 1. The fraction of sp³-hybridized carbons (Fsp3) is 0.0714. The van der Waals surface area contributed by atoms with Crippen LogP contribution < -0.4 is 20.1 Å². The van der Waals surface area contributed by atoms with Crippen molar-refractivity contribution < 1.29 is 14.3 Å². The molecule has 1 aromatic heterocycles. The van der Waals surface area contributed by atoms with Crippen molar-refractivity contribution in [2.24, 2.45) is 0 Å². The number of rotatable bonds is 5. The molecule has 0 spiro atoms. The number of hydrogen-bond acceptors (Lipinski definition) is 6. The van der Waals surface area contributed by atoms with Crippen LogP contribution in [0.1, 0.15) is 21.5 Å². The van der Waals surface area contributed by atoms with Crippen molar-refractivity contribution in [3.8, 4) is 11.8 Å². The van der Waals surface area contributed by atoms with E-state index < -0.39 is 11.9 Å². The van der Waals surface area contributed by atoms with Crippen LogP contribution in [0.2, 0.25) is 0 Å². The van der Waals surface area contributed by atoms with Crippen molar-refractivity contribution in [1.82, 2.24) is 4.57 Å². The Morgan fingerprint density at radius 3 is 2.39 bits per heavy atom. The number of hydrogen-bond donors (Lipinski definition) is 1. The third-order valence-corrected chi connectivity index (χ3v) is 6.39. The van der Waals surface area contributed by atoms with E-state index in [0.717, 1.165) is 16.9 Å². The van der Waals surface area contributed by atoms with Crippen molar-refractivity contribution in [2.75, 3.05) is 12.4 Å². The molecule has 3 aromatic carbocycles. The van der Waals surface area contributed by atoms with Gasteiger partial charge in [-0.05, 0) is 60.5 Å². The summed E-state index contributed by atoms with van der Waals surface area (Å²) in [7, 11) is 1.31. The predicted molar refractivity (Wildman–Crippen MR) is 139 cm³/mol. The van der Waals surface area contributed by atoms with E-state index in [9.17, 15) is 19.6 Å². The molecule has 7 nitrogen and oxygen atoms in total. The van der Waals surface area contributed by atoms with Crippen LogP contribution in [-0.4, -0.2) is 23.6 Å². The molecule has 0 aliphatic rings. The summed E-state index contributed by atoms with van der Waals surface area (Å²) in [5.74, 6) is -1.07. The number of amides is 1. The van der Waals surface area contributed by atoms with Gasteiger partial charge in [0.1, 0.15) is 10.7 Å². The lowest BCUT2D eigenvalue weighted by atomic mass is 10.1. The number of thiazole rings is 1. The molecule has 0 aliphatic carbocycles. The van der Waals surface area contributed by atoms with Gasteiger partial charge in [-0.15, -0.1) is 11.3 Å². The van der Waals surface area contributed by atoms with E-state index in [1.807, 2.05) is 25.1 Å². The highest BCUT2D eigenvalue weighted by atomic mass is 32.1. The van der Waals surface area contributed by atoms with Crippen LogP contribution in [-0.2, 0) is 9.53 Å². The van der Waals surface area contributed by atoms with Crippen LogP contribution in [0.25, 0.3) is 17.3 Å². The third-order valence-electron chi connectivity index (χ3n) is 5.30. The van der Waals surface area contributed by atoms with E-state index >= 15 is 0 Å². The van der Waals surface area contributed by atoms with Gasteiger partial charge in [0.05, 0.1) is 22.9 Å². The lowest BCUT2D eigenvalue weighted by Crippen LogP contribution is -2.32. The second-order valence-corrected chi connectivity index (χ2v) is 8.85. The van der Waals surface area contributed by atoms with Gasteiger partial charge >= 0.3 is 5.97 Å². The molecule has 1 heterocycles. The van der Waals surface area contributed by atoms with Crippen LogP contribution in [0.4, 0.5) is 5.69 Å². The lowest BCUT2D eigenvalue weighted by molar-refractivity contribution is -0.111. The minimum Gasteiger partial charge on any atom is -0.465 e. The molecule has 0 fully saturated rings. The highest BCUT2D eigenvalue weighted by Gasteiger charge is 2.17. The average Bonchev–Trinajstić information content (AvgIpc) is 3.20. The zero-order valence-corrected chi connectivity index (χ0v) is 20.3. The molecule has 36 heavy (non-hydrogen) atoms. The van der Waals surface area contributed by atoms with Crippen molar-refractivity contribution in [1.29, 1.82) is 5.26 Å². The second-order valence-electron chi connectivity index (χ2n) is 7.82. The Labute approximate surface area is 210 Å². The van der Waals surface area contributed by atoms with E-state index in [-0.39, 0.29) is 15.8 Å². The molecule has 1 amide bonds. The van der Waals surface area contributed by atoms with Crippen molar-refractivity contribution in [2.45, 2.75) is 6.92 Å². The number of aromatic nitrogens is 1. The normalized spacial score (nSPS) is 12.0. The zero-order chi connectivity index (χ0) is 25.7. The molecule has 0 saturated heterocycles. The number of aryl methyl sites for hydroxylation is 1. The minimum atomic E-state index is -0.608. The number of nitriles is 1. The monoisotopic (exact) mass is 495 g/mol. The summed E-state index contributed by atoms with van der Waals surface area (Å²) in [6, 6.07) is 24.6. The van der Waals surface area contributed by atoms with Gasteiger partial charge in [0, 0.05) is 5.69 Å². The van der Waals surface area contributed by atoms with Gasteiger partial charge in [-0.2, -0.15) is 5.26 Å². The summed E-state index contributed by atoms with van der Waals surface area (Å²) in [5, 5.41) is 12.7. The fourth-order valence-corrected chi connectivity index (χ4v) is 4.66. The largest absolute Gasteiger partial charge is 0.465 e. The van der Waals surface area contributed by atoms with Gasteiger partial charge < -0.3 is 10.1 Å². The molecule has 0 unspecified atom stereocenters. The van der Waals surface area contributed by atoms with E-state index in [0.29, 0.717) is 27.0 Å². The SMILES string of the molecule is COC(=O)c1ccc(/C=c2/s/c(=C(\C#N)C(=O)Nc3cccc(C)c3)n(-c3ccccc3)c2=O)cc1. The first-order chi connectivity index (χ1) is 17.4. The third kappa shape index (κ3) is 5.17. The first kappa shape index (κ1) is 24.4. The summed E-state index contributed by atoms with van der Waals surface area (Å²) in [6.07, 6.45) is 1.66. The van der Waals surface area contributed by atoms with Gasteiger partial charge in [0.25, 0.3) is 11.5 Å². The molecule has 0 bridgehead atoms. The van der Waals surface area contributed by atoms with Crippen LogP contribution in [0, 0.1) is 18.3 Å². The van der Waals surface area contributed by atoms with Crippen LogP contribution in [0.5, 0.6) is 0 Å². The van der Waals surface area contributed by atoms with Gasteiger partial charge in [0.15, 0.2) is 5.57 Å². The number of ether oxygens (including phenoxy) is 1. The smallest absolute Gasteiger partial charge is 0.337 e. The van der Waals surface area contributed by atoms with Gasteiger partial charge in [-0.1, -0.05) is 42.5 Å². The summed E-state index contributed by atoms with van der Waals surface area (Å²) in [6.45, 7) is 1.90. The molecular weight excluding hydrogens is 474 g/mol. The summed E-state index contributed by atoms with van der Waals surface area (Å²) >= 11 is 1.05. The van der Waals surface area contributed by atoms with E-state index in [1.54, 1.807) is 72.8 Å². The number of nitrogens with zero attached hydrogens (tertiary/aromatic N) is 2. The number of carbonyl (C=O) groups excluding carboxylic acids is 2. The maximum Gasteiger partial charge on any atom is 0.337 e. The van der Waals surface area contributed by atoms with E-state index in [4.69, 9.17) is 4.74 Å². The average molecular weight is 496 g/mol. The standard InChI is InChI=1S/C28H21N3O4S/c1-18-7-6-8-21(15-18)30-25(32)23(17-29)27-31(22-9-4-3-5-10-22)26(33)24(36-27)16-19-11-13-20(14-12-19)28(34)35-2/h3-16H,1-2H3,(H,30,32)/b24-16+,27-23+. The van der Waals surface area contributed by atoms with E-state index in [2.05, 4.69) is 5.32 Å². The number of esters is 1. The van der Waals surface area contributed by atoms with Gasteiger partial charge in [-0.25, -0.2) is 4.79 Å². The quantitative estimate of drug-likeness (QED) is 0.429. The molecule has 0 saturated carbocycles. The Morgan fingerprint density at radius 2 is 1.75 bits per heavy atom. The second kappa shape index (κ2) is 10.7. The maximum atomic E-state index is 13.5. The summed E-state index contributed by atoms with van der Waals surface area (Å²) < 4.78 is 6.64. The maximum absolute atomic E-state index is 13.5. The molecule has 8 heteroatoms.